The van der Waals surface area contributed by atoms with Gasteiger partial charge >= 0.3 is 78.1 Å². The van der Waals surface area contributed by atoms with Crippen LogP contribution in [0.15, 0.2) is 249 Å². The van der Waals surface area contributed by atoms with E-state index in [4.69, 9.17) is 75.8 Å². The smallest absolute Gasteiger partial charge is 0.411 e. The highest BCUT2D eigenvalue weighted by Crippen LogP contribution is 2.28. The Balaban J connectivity index is 0.000000616. The van der Waals surface area contributed by atoms with Gasteiger partial charge in [0.1, 0.15) is 102 Å². The number of ether oxygens (including phenoxy) is 16. The molecule has 0 aliphatic carbocycles. The lowest BCUT2D eigenvalue weighted by molar-refractivity contribution is -0.161. The minimum atomic E-state index is -1.51. The quantitative estimate of drug-likeness (QED) is 0.0105. The zero-order valence-electron chi connectivity index (χ0n) is 65.8. The standard InChI is InChI=1S/C43H46N2O16.C43H52N2O13/c1-7-34(46)54-22-42(23-55-35(47)8-2,24-56-36(48)9-3)28-60-40(52)44-32-17-13-30(14-18-32)21-31-15-19-33(20-16-31)45-41(53)61-29-43(25-57-37(49)10-4,26-58-38(50)11-5)27-59-39(51)12-6;1-7-21-51-25-42(26-52-22-8-2,27-53-23-9-3)31-57-40(49)44-35-17-13-33(14-18-35)24-34-15-19-36(20-16-34)45-41(50)58-32-43(28-54-37(46)10-4,29-55-38(47)11-5)30-56-39(48)12-6/h7-20H,1-6,21-29H2,(H,44,52)(H,45,53);7-20H,1-6,21-32H2,(H,44,49)(H,45,50). The van der Waals surface area contributed by atoms with Crippen LogP contribution in [0.25, 0.3) is 0 Å². The Bertz CT molecular complexity index is 3830. The van der Waals surface area contributed by atoms with Crippen molar-refractivity contribution in [2.75, 3.05) is 147 Å². The minimum Gasteiger partial charge on any atom is -0.462 e. The lowest BCUT2D eigenvalue weighted by Gasteiger charge is -2.32. The van der Waals surface area contributed by atoms with E-state index in [1.165, 1.54) is 0 Å². The molecule has 0 aliphatic rings. The number of nitrogens with one attached hydrogen (secondary N) is 4. The van der Waals surface area contributed by atoms with Crippen molar-refractivity contribution < 1.29 is 138 Å². The lowest BCUT2D eigenvalue weighted by atomic mass is 9.92. The number of carbonyl (C=O) groups excluding carboxylic acids is 13. The van der Waals surface area contributed by atoms with Crippen LogP contribution in [0.3, 0.4) is 0 Å². The average molecular weight is 1650 g/mol. The summed E-state index contributed by atoms with van der Waals surface area (Å²) in [5.74, 6) is -7.36. The van der Waals surface area contributed by atoms with Crippen LogP contribution in [-0.4, -0.2) is 204 Å². The number of esters is 9. The zero-order chi connectivity index (χ0) is 87.9. The van der Waals surface area contributed by atoms with Gasteiger partial charge in [0, 0.05) is 77.4 Å². The highest BCUT2D eigenvalue weighted by atomic mass is 16.6. The van der Waals surface area contributed by atoms with Crippen molar-refractivity contribution in [3.05, 3.63) is 271 Å². The Morgan fingerprint density at radius 1 is 0.218 bits per heavy atom. The Kier molecular flexibility index (Phi) is 45.6. The van der Waals surface area contributed by atoms with Gasteiger partial charge in [0.15, 0.2) is 0 Å². The molecular formula is C86H98N4O29. The molecule has 0 heterocycles. The van der Waals surface area contributed by atoms with Crippen molar-refractivity contribution in [2.24, 2.45) is 21.7 Å². The normalized spacial score (nSPS) is 10.7. The van der Waals surface area contributed by atoms with Gasteiger partial charge in [0.2, 0.25) is 0 Å². The molecule has 636 valence electrons. The molecule has 0 aliphatic heterocycles. The maximum atomic E-state index is 12.8. The van der Waals surface area contributed by atoms with Crippen molar-refractivity contribution in [1.82, 2.24) is 0 Å². The predicted molar refractivity (Wildman–Crippen MR) is 434 cm³/mol. The van der Waals surface area contributed by atoms with Crippen LogP contribution in [0.4, 0.5) is 41.9 Å². The molecule has 0 fully saturated rings. The first-order chi connectivity index (χ1) is 57.1. The van der Waals surface area contributed by atoms with E-state index in [1.54, 1.807) is 91.0 Å². The number of rotatable bonds is 55. The molecule has 0 spiro atoms. The third-order valence-electron chi connectivity index (χ3n) is 15.8. The molecule has 119 heavy (non-hydrogen) atoms. The van der Waals surface area contributed by atoms with E-state index in [1.807, 2.05) is 24.3 Å². The molecule has 0 bridgehead atoms. The summed E-state index contributed by atoms with van der Waals surface area (Å²) < 4.78 is 85.0. The van der Waals surface area contributed by atoms with Gasteiger partial charge in [0.05, 0.1) is 45.1 Å². The van der Waals surface area contributed by atoms with Gasteiger partial charge in [0.25, 0.3) is 0 Å². The summed E-state index contributed by atoms with van der Waals surface area (Å²) in [6.45, 7) is 36.6. The molecule has 0 atom stereocenters. The Morgan fingerprint density at radius 3 is 0.504 bits per heavy atom. The van der Waals surface area contributed by atoms with Crippen LogP contribution in [0, 0.1) is 21.7 Å². The van der Waals surface area contributed by atoms with E-state index in [0.29, 0.717) is 55.4 Å². The van der Waals surface area contributed by atoms with Gasteiger partial charge in [-0.05, 0) is 83.6 Å². The summed E-state index contributed by atoms with van der Waals surface area (Å²) in [5.41, 5.74) is -0.0968. The number of hydrogen-bond acceptors (Lipinski definition) is 29. The van der Waals surface area contributed by atoms with Gasteiger partial charge < -0.3 is 75.8 Å². The average Bonchev–Trinajstić information content (AvgIpc) is 0.860. The van der Waals surface area contributed by atoms with E-state index in [2.05, 4.69) is 100 Å². The lowest BCUT2D eigenvalue weighted by Crippen LogP contribution is -2.44. The van der Waals surface area contributed by atoms with E-state index >= 15 is 0 Å². The molecule has 4 aromatic rings. The van der Waals surface area contributed by atoms with Crippen molar-refractivity contribution in [3.8, 4) is 0 Å². The molecule has 0 aromatic heterocycles. The Morgan fingerprint density at radius 2 is 0.361 bits per heavy atom. The second kappa shape index (κ2) is 54.7. The molecular weight excluding hydrogens is 1550 g/mol. The van der Waals surface area contributed by atoms with Crippen LogP contribution in [0.1, 0.15) is 22.3 Å². The van der Waals surface area contributed by atoms with Crippen molar-refractivity contribution in [2.45, 2.75) is 12.8 Å². The molecule has 4 aromatic carbocycles. The first kappa shape index (κ1) is 99.1. The fourth-order valence-corrected chi connectivity index (χ4v) is 9.41. The molecule has 4 N–H and O–H groups in total. The van der Waals surface area contributed by atoms with E-state index in [-0.39, 0.29) is 26.4 Å². The fourth-order valence-electron chi connectivity index (χ4n) is 9.41. The second-order valence-electron chi connectivity index (χ2n) is 25.7. The van der Waals surface area contributed by atoms with Gasteiger partial charge in [-0.2, -0.15) is 0 Å². The first-order valence-electron chi connectivity index (χ1n) is 35.9. The third-order valence-corrected chi connectivity index (χ3v) is 15.8. The Labute approximate surface area is 688 Å². The summed E-state index contributed by atoms with van der Waals surface area (Å²) in [6, 6.07) is 27.7. The number of hydrogen-bond donors (Lipinski definition) is 4. The Hall–Kier alpha value is -14.1. The van der Waals surface area contributed by atoms with Crippen LogP contribution >= 0.6 is 0 Å². The molecule has 0 radical (unpaired) electrons. The number of anilines is 4. The maximum absolute atomic E-state index is 12.8. The van der Waals surface area contributed by atoms with Crippen LogP contribution in [0.2, 0.25) is 0 Å². The molecule has 33 heteroatoms. The largest absolute Gasteiger partial charge is 0.462 e. The zero-order valence-corrected chi connectivity index (χ0v) is 65.8. The van der Waals surface area contributed by atoms with Crippen molar-refractivity contribution in [1.29, 1.82) is 0 Å². The molecule has 33 nitrogen and oxygen atoms in total. The van der Waals surface area contributed by atoms with Crippen LogP contribution in [-0.2, 0) is 132 Å². The van der Waals surface area contributed by atoms with E-state index in [0.717, 1.165) is 76.9 Å². The topological polar surface area (TPSA) is 418 Å². The summed E-state index contributed by atoms with van der Waals surface area (Å²) >= 11 is 0. The molecule has 0 unspecified atom stereocenters. The molecule has 4 rings (SSSR count). The third kappa shape index (κ3) is 40.2. The monoisotopic (exact) mass is 1650 g/mol. The SMILES string of the molecule is C=CC(=O)OCC(COC(=O)C=C)(COC(=O)C=C)COC(=O)Nc1ccc(Cc2ccc(NC(=O)OCC(COC(=O)C=C)(COC(=O)C=C)COC(=O)C=C)cc2)cc1.C=CCOCC(COCC=C)(COCC=C)COC(=O)Nc1ccc(Cc2ccc(NC(=O)OCC(COC(=O)C=C)(COC(=O)C=C)COC(=O)C=C)cc2)cc1. The summed E-state index contributed by atoms with van der Waals surface area (Å²) in [6.07, 6.45) is 10.6. The number of carbonyl (C=O) groups is 13. The second-order valence-corrected chi connectivity index (χ2v) is 25.7. The van der Waals surface area contributed by atoms with Gasteiger partial charge in [-0.1, -0.05) is 126 Å². The molecule has 4 amide bonds. The molecule has 0 saturated carbocycles. The fraction of sp³-hybridized carbons (Fsp3) is 0.291. The van der Waals surface area contributed by atoms with Gasteiger partial charge in [-0.3, -0.25) is 21.3 Å². The van der Waals surface area contributed by atoms with Gasteiger partial charge in [-0.25, -0.2) is 62.3 Å². The van der Waals surface area contributed by atoms with Crippen LogP contribution in [0.5, 0.6) is 0 Å². The summed E-state index contributed by atoms with van der Waals surface area (Å²) in [4.78, 5) is 158. The van der Waals surface area contributed by atoms with Crippen molar-refractivity contribution in [3.63, 3.8) is 0 Å². The predicted octanol–water partition coefficient (Wildman–Crippen LogP) is 10.9. The van der Waals surface area contributed by atoms with Gasteiger partial charge in [-0.15, -0.1) is 19.7 Å². The maximum Gasteiger partial charge on any atom is 0.411 e. The summed E-state index contributed by atoms with van der Waals surface area (Å²) in [7, 11) is 0. The number of benzene rings is 4. The van der Waals surface area contributed by atoms with Crippen LogP contribution < -0.4 is 21.3 Å². The highest BCUT2D eigenvalue weighted by molar-refractivity contribution is 5.88. The van der Waals surface area contributed by atoms with Crippen molar-refractivity contribution >= 4 is 101 Å². The summed E-state index contributed by atoms with van der Waals surface area (Å²) in [5, 5.41) is 10.5. The minimum absolute atomic E-state index is 0.0423. The molecule has 0 saturated heterocycles. The highest BCUT2D eigenvalue weighted by Gasteiger charge is 2.41. The van der Waals surface area contributed by atoms with E-state index < -0.39 is 179 Å². The first-order valence-corrected chi connectivity index (χ1v) is 35.9. The van der Waals surface area contributed by atoms with E-state index in [9.17, 15) is 62.3 Å². The number of amides is 4.